The first-order valence-corrected chi connectivity index (χ1v) is 5.02. The Bertz CT molecular complexity index is 204. The van der Waals surface area contributed by atoms with E-state index in [4.69, 9.17) is 5.41 Å². The van der Waals surface area contributed by atoms with Crippen molar-refractivity contribution in [3.05, 3.63) is 0 Å². The molecule has 0 radical (unpaired) electrons. The van der Waals surface area contributed by atoms with Gasteiger partial charge in [0.05, 0.1) is 7.11 Å². The van der Waals surface area contributed by atoms with Gasteiger partial charge in [-0.3, -0.25) is 15.0 Å². The minimum atomic E-state index is -0.267. The Kier molecular flexibility index (Phi) is 3.88. The lowest BCUT2D eigenvalue weighted by molar-refractivity contribution is 0.226. The number of rotatable bonds is 0. The predicted molar refractivity (Wildman–Crippen MR) is 51.7 cm³/mol. The number of nitrogens with zero attached hydrogens (tertiary/aromatic N) is 1. The first kappa shape index (κ1) is 10.2. The third kappa shape index (κ3) is 3.14. The van der Waals surface area contributed by atoms with Crippen LogP contribution in [-0.4, -0.2) is 35.8 Å². The van der Waals surface area contributed by atoms with Crippen LogP contribution in [0.3, 0.4) is 0 Å². The third-order valence-corrected chi connectivity index (χ3v) is 2.79. The molecule has 0 bridgehead atoms. The molecule has 6 heteroatoms. The Labute approximate surface area is 81.5 Å². The normalized spacial score (nSPS) is 16.5. The van der Waals surface area contributed by atoms with Gasteiger partial charge in [0.1, 0.15) is 0 Å². The van der Waals surface area contributed by atoms with E-state index in [1.54, 1.807) is 4.31 Å². The zero-order valence-electron chi connectivity index (χ0n) is 7.50. The lowest BCUT2D eigenvalue weighted by Gasteiger charge is -2.24. The molecule has 0 saturated carbocycles. The molecule has 5 nitrogen and oxygen atoms in total. The van der Waals surface area contributed by atoms with Crippen molar-refractivity contribution >= 4 is 24.0 Å². The van der Waals surface area contributed by atoms with E-state index in [2.05, 4.69) is 10.1 Å². The van der Waals surface area contributed by atoms with Gasteiger partial charge >= 0.3 is 6.03 Å². The summed E-state index contributed by atoms with van der Waals surface area (Å²) in [6.45, 7) is 0.744. The lowest BCUT2D eigenvalue weighted by Crippen LogP contribution is -2.41. The van der Waals surface area contributed by atoms with Gasteiger partial charge in [-0.1, -0.05) is 0 Å². The number of amides is 2. The smallest absolute Gasteiger partial charge is 0.335 e. The minimum absolute atomic E-state index is 0.212. The molecule has 0 aromatic carbocycles. The molecule has 0 aliphatic carbocycles. The second-order valence-electron chi connectivity index (χ2n) is 2.61. The Balaban J connectivity index is 2.33. The molecule has 0 atom stereocenters. The molecule has 0 unspecified atom stereocenters. The maximum atomic E-state index is 11.3. The Morgan fingerprint density at radius 3 is 2.92 bits per heavy atom. The van der Waals surface area contributed by atoms with Crippen LogP contribution in [0.2, 0.25) is 0 Å². The molecule has 1 fully saturated rings. The van der Waals surface area contributed by atoms with Gasteiger partial charge in [-0.2, -0.15) is 0 Å². The molecule has 0 spiro atoms. The minimum Gasteiger partial charge on any atom is -0.468 e. The highest BCUT2D eigenvalue weighted by atomic mass is 32.2. The van der Waals surface area contributed by atoms with Crippen molar-refractivity contribution in [3.8, 4) is 0 Å². The van der Waals surface area contributed by atoms with Crippen LogP contribution < -0.4 is 5.32 Å². The van der Waals surface area contributed by atoms with Crippen molar-refractivity contribution in [2.45, 2.75) is 12.8 Å². The summed E-state index contributed by atoms with van der Waals surface area (Å²) in [6.07, 6.45) is 2.18. The Morgan fingerprint density at radius 1 is 1.62 bits per heavy atom. The van der Waals surface area contributed by atoms with E-state index in [0.29, 0.717) is 0 Å². The maximum absolute atomic E-state index is 11.3. The largest absolute Gasteiger partial charge is 0.468 e. The van der Waals surface area contributed by atoms with Gasteiger partial charge in [0.15, 0.2) is 0 Å². The van der Waals surface area contributed by atoms with Gasteiger partial charge in [0.25, 0.3) is 6.02 Å². The second kappa shape index (κ2) is 4.96. The summed E-state index contributed by atoms with van der Waals surface area (Å²) < 4.78 is 6.15. The van der Waals surface area contributed by atoms with Crippen LogP contribution >= 0.6 is 11.9 Å². The average molecular weight is 203 g/mol. The SMILES string of the molecule is COC(=N)NC(=O)N1CCCCS1. The summed E-state index contributed by atoms with van der Waals surface area (Å²) in [4.78, 5) is 11.3. The van der Waals surface area contributed by atoms with Crippen molar-refractivity contribution < 1.29 is 9.53 Å². The van der Waals surface area contributed by atoms with Crippen LogP contribution in [-0.2, 0) is 4.74 Å². The first-order valence-electron chi connectivity index (χ1n) is 4.08. The summed E-state index contributed by atoms with van der Waals surface area (Å²) in [5, 5.41) is 9.42. The van der Waals surface area contributed by atoms with Gasteiger partial charge < -0.3 is 4.74 Å². The van der Waals surface area contributed by atoms with Crippen LogP contribution in [0.4, 0.5) is 4.79 Å². The van der Waals surface area contributed by atoms with Crippen LogP contribution in [0.1, 0.15) is 12.8 Å². The van der Waals surface area contributed by atoms with E-state index in [-0.39, 0.29) is 12.1 Å². The molecule has 74 valence electrons. The van der Waals surface area contributed by atoms with E-state index in [1.807, 2.05) is 0 Å². The molecule has 2 amide bonds. The monoisotopic (exact) mass is 203 g/mol. The van der Waals surface area contributed by atoms with Crippen LogP contribution in [0, 0.1) is 5.41 Å². The molecule has 0 aromatic heterocycles. The molecular weight excluding hydrogens is 190 g/mol. The number of ether oxygens (including phenoxy) is 1. The second-order valence-corrected chi connectivity index (χ2v) is 3.71. The number of urea groups is 1. The topological polar surface area (TPSA) is 65.4 Å². The van der Waals surface area contributed by atoms with E-state index in [0.717, 1.165) is 25.1 Å². The van der Waals surface area contributed by atoms with Crippen molar-refractivity contribution in [3.63, 3.8) is 0 Å². The Morgan fingerprint density at radius 2 is 2.38 bits per heavy atom. The van der Waals surface area contributed by atoms with E-state index < -0.39 is 0 Å². The fourth-order valence-electron chi connectivity index (χ4n) is 0.967. The summed E-state index contributed by atoms with van der Waals surface area (Å²) in [5.74, 6) is 0.966. The molecule has 1 heterocycles. The van der Waals surface area contributed by atoms with Crippen molar-refractivity contribution in [1.82, 2.24) is 9.62 Å². The quantitative estimate of drug-likeness (QED) is 0.351. The lowest BCUT2D eigenvalue weighted by atomic mass is 10.3. The maximum Gasteiger partial charge on any atom is 0.335 e. The van der Waals surface area contributed by atoms with Gasteiger partial charge in [-0.15, -0.1) is 0 Å². The summed E-state index contributed by atoms with van der Waals surface area (Å²) in [7, 11) is 1.35. The Hall–Kier alpha value is -0.910. The number of carbonyl (C=O) groups is 1. The highest BCUT2D eigenvalue weighted by Gasteiger charge is 2.18. The summed E-state index contributed by atoms with van der Waals surface area (Å²) in [5.41, 5.74) is 0. The number of hydrogen-bond acceptors (Lipinski definition) is 4. The van der Waals surface area contributed by atoms with Crippen LogP contribution in [0.5, 0.6) is 0 Å². The average Bonchev–Trinajstić information content (AvgIpc) is 2.19. The first-order chi connectivity index (χ1) is 6.24. The molecule has 1 saturated heterocycles. The highest BCUT2D eigenvalue weighted by molar-refractivity contribution is 7.97. The number of hydrogen-bond donors (Lipinski definition) is 2. The van der Waals surface area contributed by atoms with Gasteiger partial charge in [-0.05, 0) is 24.8 Å². The molecule has 2 N–H and O–H groups in total. The molecule has 0 aromatic rings. The van der Waals surface area contributed by atoms with E-state index >= 15 is 0 Å². The fourth-order valence-corrected chi connectivity index (χ4v) is 1.94. The molecule has 1 aliphatic heterocycles. The van der Waals surface area contributed by atoms with Crippen molar-refractivity contribution in [2.24, 2.45) is 0 Å². The zero-order chi connectivity index (χ0) is 9.68. The number of methoxy groups -OCH3 is 1. The van der Waals surface area contributed by atoms with Crippen LogP contribution in [0.15, 0.2) is 0 Å². The molecular formula is C7H13N3O2S. The van der Waals surface area contributed by atoms with E-state index in [1.165, 1.54) is 19.1 Å². The van der Waals surface area contributed by atoms with Gasteiger partial charge in [-0.25, -0.2) is 4.79 Å². The molecule has 1 aliphatic rings. The molecule has 13 heavy (non-hydrogen) atoms. The zero-order valence-corrected chi connectivity index (χ0v) is 8.32. The van der Waals surface area contributed by atoms with Gasteiger partial charge in [0.2, 0.25) is 0 Å². The van der Waals surface area contributed by atoms with Crippen molar-refractivity contribution in [2.75, 3.05) is 19.4 Å². The summed E-state index contributed by atoms with van der Waals surface area (Å²) in [6, 6.07) is -0.479. The third-order valence-electron chi connectivity index (χ3n) is 1.65. The predicted octanol–water partition coefficient (Wildman–Crippen LogP) is 1.02. The molecule has 1 rings (SSSR count). The van der Waals surface area contributed by atoms with Gasteiger partial charge in [0, 0.05) is 12.3 Å². The number of nitrogens with one attached hydrogen (secondary N) is 2. The summed E-state index contributed by atoms with van der Waals surface area (Å²) >= 11 is 1.49. The number of carbonyl (C=O) groups excluding carboxylic acids is 1. The fraction of sp³-hybridized carbons (Fsp3) is 0.714. The number of amidine groups is 1. The van der Waals surface area contributed by atoms with Crippen molar-refractivity contribution in [1.29, 1.82) is 5.41 Å². The standard InChI is InChI=1S/C7H13N3O2S/c1-12-6(8)9-7(11)10-4-2-3-5-13-10/h2-5H2,1H3,(H2,8,9,11). The van der Waals surface area contributed by atoms with Crippen LogP contribution in [0.25, 0.3) is 0 Å². The van der Waals surface area contributed by atoms with E-state index in [9.17, 15) is 4.79 Å². The highest BCUT2D eigenvalue weighted by Crippen LogP contribution is 2.18.